The van der Waals surface area contributed by atoms with Crippen LogP contribution in [0.5, 0.6) is 0 Å². The van der Waals surface area contributed by atoms with E-state index in [4.69, 9.17) is 0 Å². The first-order valence-corrected chi connectivity index (χ1v) is 7.18. The molecule has 0 aliphatic carbocycles. The molecule has 106 valence electrons. The smallest absolute Gasteiger partial charge is 0.225 e. The molecule has 1 aliphatic heterocycles. The van der Waals surface area contributed by atoms with Crippen LogP contribution in [-0.4, -0.2) is 30.0 Å². The SMILES string of the molecule is Cc1ccc(NC(=O)CC2CSCCN2)cc1F.Cl. The van der Waals surface area contributed by atoms with E-state index in [-0.39, 0.29) is 30.2 Å². The summed E-state index contributed by atoms with van der Waals surface area (Å²) < 4.78 is 13.3. The molecular weight excluding hydrogens is 287 g/mol. The Kier molecular flexibility index (Phi) is 6.62. The Balaban J connectivity index is 0.00000180. The molecule has 3 nitrogen and oxygen atoms in total. The molecule has 1 aliphatic rings. The third-order valence-electron chi connectivity index (χ3n) is 2.89. The number of hydrogen-bond acceptors (Lipinski definition) is 3. The molecule has 1 unspecified atom stereocenters. The highest BCUT2D eigenvalue weighted by Crippen LogP contribution is 2.15. The van der Waals surface area contributed by atoms with E-state index in [0.717, 1.165) is 18.1 Å². The van der Waals surface area contributed by atoms with Crippen LogP contribution in [0.1, 0.15) is 12.0 Å². The van der Waals surface area contributed by atoms with Crippen molar-refractivity contribution in [1.29, 1.82) is 0 Å². The fourth-order valence-corrected chi connectivity index (χ4v) is 2.81. The molecule has 1 atom stereocenters. The predicted molar refractivity (Wildman–Crippen MR) is 80.7 cm³/mol. The number of nitrogens with one attached hydrogen (secondary N) is 2. The average molecular weight is 305 g/mol. The van der Waals surface area contributed by atoms with Crippen molar-refractivity contribution in [2.24, 2.45) is 0 Å². The largest absolute Gasteiger partial charge is 0.326 e. The van der Waals surface area contributed by atoms with E-state index in [1.165, 1.54) is 6.07 Å². The lowest BCUT2D eigenvalue weighted by molar-refractivity contribution is -0.116. The van der Waals surface area contributed by atoms with Crippen LogP contribution in [0.4, 0.5) is 10.1 Å². The third-order valence-corrected chi connectivity index (χ3v) is 4.02. The summed E-state index contributed by atoms with van der Waals surface area (Å²) in [6, 6.07) is 4.97. The lowest BCUT2D eigenvalue weighted by Crippen LogP contribution is -2.39. The van der Waals surface area contributed by atoms with E-state index < -0.39 is 0 Å². The molecule has 2 N–H and O–H groups in total. The molecule has 1 amide bonds. The second-order valence-electron chi connectivity index (χ2n) is 4.44. The van der Waals surface area contributed by atoms with Gasteiger partial charge in [0.2, 0.25) is 5.91 Å². The topological polar surface area (TPSA) is 41.1 Å². The maximum atomic E-state index is 13.3. The first-order valence-electron chi connectivity index (χ1n) is 6.02. The van der Waals surface area contributed by atoms with E-state index in [1.807, 2.05) is 11.8 Å². The minimum atomic E-state index is -0.292. The second-order valence-corrected chi connectivity index (χ2v) is 5.59. The van der Waals surface area contributed by atoms with Crippen molar-refractivity contribution >= 4 is 35.8 Å². The van der Waals surface area contributed by atoms with Gasteiger partial charge in [0.25, 0.3) is 0 Å². The van der Waals surface area contributed by atoms with Gasteiger partial charge in [0, 0.05) is 36.2 Å². The van der Waals surface area contributed by atoms with E-state index in [9.17, 15) is 9.18 Å². The average Bonchev–Trinajstić information content (AvgIpc) is 2.35. The molecule has 1 fully saturated rings. The zero-order valence-electron chi connectivity index (χ0n) is 10.7. The summed E-state index contributed by atoms with van der Waals surface area (Å²) in [5.74, 6) is 1.69. The maximum absolute atomic E-state index is 13.3. The van der Waals surface area contributed by atoms with Crippen LogP contribution in [0.25, 0.3) is 0 Å². The van der Waals surface area contributed by atoms with Gasteiger partial charge in [0.15, 0.2) is 0 Å². The monoisotopic (exact) mass is 304 g/mol. The van der Waals surface area contributed by atoms with Crippen LogP contribution in [0, 0.1) is 12.7 Å². The Morgan fingerprint density at radius 2 is 2.37 bits per heavy atom. The summed E-state index contributed by atoms with van der Waals surface area (Å²) in [4.78, 5) is 11.8. The van der Waals surface area contributed by atoms with Crippen molar-refractivity contribution < 1.29 is 9.18 Å². The zero-order chi connectivity index (χ0) is 13.0. The molecule has 0 saturated carbocycles. The van der Waals surface area contributed by atoms with E-state index >= 15 is 0 Å². The van der Waals surface area contributed by atoms with Gasteiger partial charge in [-0.25, -0.2) is 4.39 Å². The van der Waals surface area contributed by atoms with Gasteiger partial charge < -0.3 is 10.6 Å². The highest BCUT2D eigenvalue weighted by atomic mass is 35.5. The zero-order valence-corrected chi connectivity index (χ0v) is 12.4. The lowest BCUT2D eigenvalue weighted by Gasteiger charge is -2.22. The Bertz CT molecular complexity index is 439. The molecule has 0 radical (unpaired) electrons. The molecule has 6 heteroatoms. The number of aryl methyl sites for hydroxylation is 1. The normalized spacial score (nSPS) is 18.5. The van der Waals surface area contributed by atoms with Gasteiger partial charge in [-0.15, -0.1) is 12.4 Å². The Hall–Kier alpha value is -0.780. The van der Waals surface area contributed by atoms with Crippen molar-refractivity contribution in [3.8, 4) is 0 Å². The van der Waals surface area contributed by atoms with Gasteiger partial charge in [-0.1, -0.05) is 6.07 Å². The summed E-state index contributed by atoms with van der Waals surface area (Å²) in [6.45, 7) is 2.64. The van der Waals surface area contributed by atoms with Crippen LogP contribution in [0.15, 0.2) is 18.2 Å². The minimum Gasteiger partial charge on any atom is -0.326 e. The number of amides is 1. The Labute approximate surface area is 123 Å². The van der Waals surface area contributed by atoms with E-state index in [2.05, 4.69) is 10.6 Å². The van der Waals surface area contributed by atoms with Gasteiger partial charge in [-0.05, 0) is 24.6 Å². The quantitative estimate of drug-likeness (QED) is 0.902. The number of carbonyl (C=O) groups is 1. The summed E-state index contributed by atoms with van der Waals surface area (Å²) in [6.07, 6.45) is 0.433. The third kappa shape index (κ3) is 5.01. The van der Waals surface area contributed by atoms with Crippen LogP contribution in [0.2, 0.25) is 0 Å². The number of anilines is 1. The van der Waals surface area contributed by atoms with Gasteiger partial charge >= 0.3 is 0 Å². The first-order chi connectivity index (χ1) is 8.65. The molecular formula is C13H18ClFN2OS. The summed E-state index contributed by atoms with van der Waals surface area (Å²) in [7, 11) is 0. The molecule has 0 bridgehead atoms. The summed E-state index contributed by atoms with van der Waals surface area (Å²) in [5, 5.41) is 6.03. The van der Waals surface area contributed by atoms with Gasteiger partial charge in [0.05, 0.1) is 0 Å². The molecule has 0 aromatic heterocycles. The molecule has 1 heterocycles. The number of thioether (sulfide) groups is 1. The van der Waals surface area contributed by atoms with Crippen molar-refractivity contribution in [2.45, 2.75) is 19.4 Å². The van der Waals surface area contributed by atoms with Gasteiger partial charge in [0.1, 0.15) is 5.82 Å². The molecule has 2 rings (SSSR count). The predicted octanol–water partition coefficient (Wildman–Crippen LogP) is 2.59. The lowest BCUT2D eigenvalue weighted by atomic mass is 10.2. The standard InChI is InChI=1S/C13H17FN2OS.ClH/c1-9-2-3-10(6-12(9)14)16-13(17)7-11-8-18-5-4-15-11;/h2-3,6,11,15H,4-5,7-8H2,1H3,(H,16,17);1H. The van der Waals surface area contributed by atoms with E-state index in [1.54, 1.807) is 19.1 Å². The summed E-state index contributed by atoms with van der Waals surface area (Å²) >= 11 is 1.85. The van der Waals surface area contributed by atoms with Crippen LogP contribution in [0.3, 0.4) is 0 Å². The molecule has 1 aromatic rings. The van der Waals surface area contributed by atoms with Crippen LogP contribution in [-0.2, 0) is 4.79 Å². The second kappa shape index (κ2) is 7.72. The van der Waals surface area contributed by atoms with Crippen molar-refractivity contribution in [2.75, 3.05) is 23.4 Å². The van der Waals surface area contributed by atoms with E-state index in [0.29, 0.717) is 17.7 Å². The highest BCUT2D eigenvalue weighted by Gasteiger charge is 2.16. The van der Waals surface area contributed by atoms with Crippen molar-refractivity contribution in [3.05, 3.63) is 29.6 Å². The number of carbonyl (C=O) groups excluding carboxylic acids is 1. The molecule has 1 aromatic carbocycles. The van der Waals surface area contributed by atoms with Crippen LogP contribution < -0.4 is 10.6 Å². The Morgan fingerprint density at radius 3 is 3.00 bits per heavy atom. The van der Waals surface area contributed by atoms with Crippen molar-refractivity contribution in [1.82, 2.24) is 5.32 Å². The number of halogens is 2. The molecule has 1 saturated heterocycles. The Morgan fingerprint density at radius 1 is 1.58 bits per heavy atom. The maximum Gasteiger partial charge on any atom is 0.225 e. The number of hydrogen-bond donors (Lipinski definition) is 2. The fraction of sp³-hybridized carbons (Fsp3) is 0.462. The van der Waals surface area contributed by atoms with Gasteiger partial charge in [-0.3, -0.25) is 4.79 Å². The highest BCUT2D eigenvalue weighted by molar-refractivity contribution is 7.99. The minimum absolute atomic E-state index is 0. The van der Waals surface area contributed by atoms with Crippen molar-refractivity contribution in [3.63, 3.8) is 0 Å². The number of benzene rings is 1. The fourth-order valence-electron chi connectivity index (χ4n) is 1.86. The summed E-state index contributed by atoms with van der Waals surface area (Å²) in [5.41, 5.74) is 1.10. The number of rotatable bonds is 3. The van der Waals surface area contributed by atoms with Gasteiger partial charge in [-0.2, -0.15) is 11.8 Å². The molecule has 19 heavy (non-hydrogen) atoms. The molecule has 0 spiro atoms. The van der Waals surface area contributed by atoms with Crippen LogP contribution >= 0.6 is 24.2 Å². The first kappa shape index (κ1) is 16.3.